The molecule has 13 heteroatoms. The van der Waals surface area contributed by atoms with Crippen LogP contribution in [-0.4, -0.2) is 91.2 Å². The molecule has 13 nitrogen and oxygen atoms in total. The summed E-state index contributed by atoms with van der Waals surface area (Å²) in [6.07, 6.45) is -2.09. The fourth-order valence-corrected chi connectivity index (χ4v) is 6.62. The largest absolute Gasteiger partial charge is 0.463 e. The summed E-state index contributed by atoms with van der Waals surface area (Å²) in [5.41, 5.74) is 1.90. The van der Waals surface area contributed by atoms with Crippen LogP contribution in [0.2, 0.25) is 0 Å². The highest BCUT2D eigenvalue weighted by molar-refractivity contribution is 5.72. The van der Waals surface area contributed by atoms with E-state index in [0.717, 1.165) is 70.7 Å². The first kappa shape index (κ1) is 34.2. The van der Waals surface area contributed by atoms with Gasteiger partial charge in [-0.25, -0.2) is 0 Å². The van der Waals surface area contributed by atoms with E-state index in [2.05, 4.69) is 11.8 Å². The van der Waals surface area contributed by atoms with Crippen molar-refractivity contribution in [3.8, 4) is 11.5 Å². The number of hydrogen-bond donors (Lipinski definition) is 0. The maximum Gasteiger partial charge on any atom is 0.308 e. The van der Waals surface area contributed by atoms with Crippen molar-refractivity contribution in [2.24, 2.45) is 5.92 Å². The molecule has 0 unspecified atom stereocenters. The van der Waals surface area contributed by atoms with Gasteiger partial charge in [-0.05, 0) is 62.7 Å². The number of esters is 5. The molecule has 0 aromatic heterocycles. The van der Waals surface area contributed by atoms with E-state index in [4.69, 9.17) is 33.2 Å². The van der Waals surface area contributed by atoms with Gasteiger partial charge in [-0.2, -0.15) is 0 Å². The van der Waals surface area contributed by atoms with E-state index in [1.807, 2.05) is 6.07 Å². The minimum atomic E-state index is -1.45. The number of ether oxygens (including phenoxy) is 7. The molecule has 0 radical (unpaired) electrons. The summed E-state index contributed by atoms with van der Waals surface area (Å²) < 4.78 is 39.8. The van der Waals surface area contributed by atoms with Gasteiger partial charge >= 0.3 is 29.8 Å². The number of carbonyl (C=O) groups is 5. The highest BCUT2D eigenvalue weighted by atomic mass is 16.7. The highest BCUT2D eigenvalue weighted by Gasteiger charge is 2.53. The third-order valence-electron chi connectivity index (χ3n) is 8.20. The molecule has 0 spiro atoms. The molecule has 7 atom stereocenters. The predicted octanol–water partition coefficient (Wildman–Crippen LogP) is 2.66. The Morgan fingerprint density at radius 3 is 2.13 bits per heavy atom. The van der Waals surface area contributed by atoms with Crippen LogP contribution in [0.25, 0.3) is 0 Å². The van der Waals surface area contributed by atoms with Gasteiger partial charge in [0, 0.05) is 46.2 Å². The maximum atomic E-state index is 12.4. The monoisotopic (exact) mass is 633 g/mol. The summed E-state index contributed by atoms with van der Waals surface area (Å²) >= 11 is 0. The van der Waals surface area contributed by atoms with Crippen LogP contribution < -0.4 is 9.47 Å². The van der Waals surface area contributed by atoms with Gasteiger partial charge in [-0.1, -0.05) is 13.0 Å². The van der Waals surface area contributed by atoms with E-state index in [9.17, 15) is 24.0 Å². The lowest BCUT2D eigenvalue weighted by atomic mass is 9.75. The molecule has 4 rings (SSSR count). The molecule has 1 aromatic rings. The van der Waals surface area contributed by atoms with E-state index >= 15 is 0 Å². The summed E-state index contributed by atoms with van der Waals surface area (Å²) in [7, 11) is 0. The number of benzene rings is 1. The number of hydrogen-bond acceptors (Lipinski definition) is 13. The van der Waals surface area contributed by atoms with Gasteiger partial charge in [0.05, 0.1) is 0 Å². The average molecular weight is 634 g/mol. The Labute approximate surface area is 262 Å². The zero-order chi connectivity index (χ0) is 32.8. The summed E-state index contributed by atoms with van der Waals surface area (Å²) in [5.74, 6) is -2.67. The fraction of sp³-hybridized carbons (Fsp3) is 0.656. The van der Waals surface area contributed by atoms with E-state index in [0.29, 0.717) is 18.4 Å². The standard InChI is InChI=1S/C32H43NO12/c1-7-12-33-13-8-9-23-14-24-22(15-25(23)33)10-11-26(28(24)40-18(3)35)44-32-31(43-21(6)38)30(42-20(5)37)29(41-19(4)36)27(45-32)16-39-17(2)34/h10-11,23,25,27,29-32H,7-9,12-16H2,1-6H3/t23-,25-,27-,29-,30+,31-,32-/m1/s1. The normalized spacial score (nSPS) is 27.6. The van der Waals surface area contributed by atoms with Crippen LogP contribution in [0.5, 0.6) is 11.5 Å². The van der Waals surface area contributed by atoms with E-state index in [1.165, 1.54) is 13.8 Å². The topological polar surface area (TPSA) is 153 Å². The van der Waals surface area contributed by atoms with Crippen molar-refractivity contribution < 1.29 is 57.1 Å². The van der Waals surface area contributed by atoms with Crippen LogP contribution in [0.1, 0.15) is 71.9 Å². The Balaban J connectivity index is 1.74. The van der Waals surface area contributed by atoms with Crippen LogP contribution in [0, 0.1) is 5.92 Å². The molecule has 0 amide bonds. The van der Waals surface area contributed by atoms with Crippen molar-refractivity contribution in [1.29, 1.82) is 0 Å². The van der Waals surface area contributed by atoms with Crippen molar-refractivity contribution in [2.75, 3.05) is 19.7 Å². The maximum absolute atomic E-state index is 12.4. The summed E-state index contributed by atoms with van der Waals surface area (Å²) in [5, 5.41) is 0. The number of nitrogens with zero attached hydrogens (tertiary/aromatic N) is 1. The molecule has 1 aromatic carbocycles. The molecule has 248 valence electrons. The first-order valence-electron chi connectivity index (χ1n) is 15.4. The van der Waals surface area contributed by atoms with Gasteiger partial charge in [0.15, 0.2) is 23.7 Å². The predicted molar refractivity (Wildman–Crippen MR) is 156 cm³/mol. The zero-order valence-corrected chi connectivity index (χ0v) is 26.7. The van der Waals surface area contributed by atoms with Gasteiger partial charge in [0.2, 0.25) is 12.4 Å². The van der Waals surface area contributed by atoms with E-state index < -0.39 is 67.2 Å². The Morgan fingerprint density at radius 2 is 1.51 bits per heavy atom. The van der Waals surface area contributed by atoms with Crippen molar-refractivity contribution in [2.45, 2.75) is 110 Å². The SMILES string of the molecule is CCCN1CCC[C@@H]2Cc3c(ccc(O[C@@H]4O[C@H](COC(C)=O)[C@@H](OC(C)=O)[C@H](OC(C)=O)[C@H]4OC(C)=O)c3OC(C)=O)C[C@H]21. The average Bonchev–Trinajstić information content (AvgIpc) is 2.95. The van der Waals surface area contributed by atoms with Crippen molar-refractivity contribution in [3.05, 3.63) is 23.3 Å². The van der Waals surface area contributed by atoms with Crippen LogP contribution >= 0.6 is 0 Å². The Bertz CT molecular complexity index is 1280. The molecular formula is C32H43NO12. The van der Waals surface area contributed by atoms with Crippen LogP contribution in [0.4, 0.5) is 0 Å². The number of likely N-dealkylation sites (tertiary alicyclic amines) is 1. The molecular weight excluding hydrogens is 590 g/mol. The third kappa shape index (κ3) is 8.51. The van der Waals surface area contributed by atoms with Gasteiger partial charge in [-0.3, -0.25) is 28.9 Å². The smallest absolute Gasteiger partial charge is 0.308 e. The molecule has 2 saturated heterocycles. The minimum absolute atomic E-state index is 0.143. The zero-order valence-electron chi connectivity index (χ0n) is 26.7. The fourth-order valence-electron chi connectivity index (χ4n) is 6.62. The second-order valence-corrected chi connectivity index (χ2v) is 11.7. The van der Waals surface area contributed by atoms with Gasteiger partial charge < -0.3 is 33.2 Å². The molecule has 0 bridgehead atoms. The number of fused-ring (bicyclic) bond motifs is 2. The Kier molecular flexibility index (Phi) is 11.4. The molecule has 45 heavy (non-hydrogen) atoms. The molecule has 2 aliphatic heterocycles. The lowest BCUT2D eigenvalue weighted by molar-refractivity contribution is -0.288. The Morgan fingerprint density at radius 1 is 0.844 bits per heavy atom. The van der Waals surface area contributed by atoms with E-state index in [-0.39, 0.29) is 11.5 Å². The summed E-state index contributed by atoms with van der Waals surface area (Å²) in [6, 6.07) is 3.99. The molecule has 0 saturated carbocycles. The second kappa shape index (κ2) is 15.0. The van der Waals surface area contributed by atoms with Crippen LogP contribution in [-0.2, 0) is 60.5 Å². The summed E-state index contributed by atoms with van der Waals surface area (Å²) in [6.45, 7) is 9.80. The number of carbonyl (C=O) groups excluding carboxylic acids is 5. The van der Waals surface area contributed by atoms with Crippen LogP contribution in [0.15, 0.2) is 12.1 Å². The molecule has 2 heterocycles. The lowest BCUT2D eigenvalue weighted by Crippen LogP contribution is -2.63. The molecule has 2 fully saturated rings. The third-order valence-corrected chi connectivity index (χ3v) is 8.20. The number of rotatable bonds is 10. The van der Waals surface area contributed by atoms with E-state index in [1.54, 1.807) is 6.07 Å². The van der Waals surface area contributed by atoms with Crippen LogP contribution in [0.3, 0.4) is 0 Å². The quantitative estimate of drug-likeness (QED) is 0.211. The number of piperidine rings is 1. The van der Waals surface area contributed by atoms with Crippen molar-refractivity contribution in [1.82, 2.24) is 4.90 Å². The van der Waals surface area contributed by atoms with Crippen molar-refractivity contribution in [3.63, 3.8) is 0 Å². The summed E-state index contributed by atoms with van der Waals surface area (Å²) in [4.78, 5) is 63.1. The molecule has 3 aliphatic rings. The second-order valence-electron chi connectivity index (χ2n) is 11.7. The minimum Gasteiger partial charge on any atom is -0.463 e. The van der Waals surface area contributed by atoms with Gasteiger partial charge in [-0.15, -0.1) is 0 Å². The molecule has 1 aliphatic carbocycles. The van der Waals surface area contributed by atoms with Gasteiger partial charge in [0.1, 0.15) is 12.7 Å². The van der Waals surface area contributed by atoms with Crippen molar-refractivity contribution >= 4 is 29.8 Å². The Hall–Kier alpha value is -3.71. The molecule has 0 N–H and O–H groups in total. The highest BCUT2D eigenvalue weighted by Crippen LogP contribution is 2.44. The lowest BCUT2D eigenvalue weighted by Gasteiger charge is -2.45. The first-order chi connectivity index (χ1) is 21.4. The first-order valence-corrected chi connectivity index (χ1v) is 15.4. The van der Waals surface area contributed by atoms with Gasteiger partial charge in [0.25, 0.3) is 0 Å².